The number of aliphatic hydroxyl groups excluding tert-OH is 1. The second-order valence-electron chi connectivity index (χ2n) is 7.54. The molecule has 1 unspecified atom stereocenters. The first kappa shape index (κ1) is 19.2. The third-order valence-corrected chi connectivity index (χ3v) is 7.19. The number of fused-ring (bicyclic) bond motifs is 1. The number of hydrogen-bond acceptors (Lipinski definition) is 7. The van der Waals surface area contributed by atoms with E-state index in [1.54, 1.807) is 30.9 Å². The molecule has 1 aromatic rings. The van der Waals surface area contributed by atoms with E-state index >= 15 is 0 Å². The van der Waals surface area contributed by atoms with E-state index in [-0.39, 0.29) is 34.9 Å². The van der Waals surface area contributed by atoms with Gasteiger partial charge in [0.2, 0.25) is 5.91 Å². The van der Waals surface area contributed by atoms with E-state index in [0.717, 1.165) is 17.9 Å². The van der Waals surface area contributed by atoms with Crippen LogP contribution in [0.5, 0.6) is 0 Å². The smallest absolute Gasteiger partial charge is 0.353 e. The van der Waals surface area contributed by atoms with E-state index in [1.165, 1.54) is 4.90 Å². The molecular formula is C19H23N3O5S. The first-order valence-corrected chi connectivity index (χ1v) is 10.2. The molecule has 2 fully saturated rings. The third-order valence-electron chi connectivity index (χ3n) is 5.68. The van der Waals surface area contributed by atoms with Crippen LogP contribution >= 0.6 is 11.8 Å². The van der Waals surface area contributed by atoms with Crippen LogP contribution in [0.4, 0.5) is 0 Å². The van der Waals surface area contributed by atoms with Gasteiger partial charge in [-0.15, -0.1) is 11.8 Å². The first-order valence-electron chi connectivity index (χ1n) is 9.36. The number of carbonyl (C=O) groups excluding carboxylic acids is 1. The standard InChI is InChI=1S/C19H23N3O5S/c1-9-15-14(10(2)23)18(24)22(15)16(19(25)26)17(9)28-13-7-11(20-8-13)3-4-12-5-6-21-27-12/h3-6,9-11,13-15,20,23H,7-8H2,1-2H3,(H,25,26)/b4-3+/t9-,10-,11+,13-,14?,15+/m1/s1. The fraction of sp³-hybridized carbons (Fsp3) is 0.526. The quantitative estimate of drug-likeness (QED) is 0.607. The molecular weight excluding hydrogens is 382 g/mol. The summed E-state index contributed by atoms with van der Waals surface area (Å²) in [7, 11) is 0. The van der Waals surface area contributed by atoms with Gasteiger partial charge in [0, 0.05) is 34.7 Å². The van der Waals surface area contributed by atoms with E-state index in [4.69, 9.17) is 4.52 Å². The Hall–Kier alpha value is -2.10. The van der Waals surface area contributed by atoms with Crippen molar-refractivity contribution >= 4 is 29.7 Å². The molecule has 0 aromatic carbocycles. The van der Waals surface area contributed by atoms with Gasteiger partial charge in [0.25, 0.3) is 0 Å². The summed E-state index contributed by atoms with van der Waals surface area (Å²) >= 11 is 1.54. The molecule has 28 heavy (non-hydrogen) atoms. The van der Waals surface area contributed by atoms with Crippen molar-refractivity contribution in [2.24, 2.45) is 11.8 Å². The molecule has 3 aliphatic rings. The van der Waals surface area contributed by atoms with Crippen LogP contribution in [0, 0.1) is 11.8 Å². The number of carbonyl (C=O) groups is 2. The molecule has 6 atom stereocenters. The first-order chi connectivity index (χ1) is 13.4. The number of aliphatic carboxylic acids is 1. The van der Waals surface area contributed by atoms with Crippen LogP contribution in [0.1, 0.15) is 26.0 Å². The second kappa shape index (κ2) is 7.38. The van der Waals surface area contributed by atoms with E-state index < -0.39 is 18.0 Å². The van der Waals surface area contributed by atoms with Crippen LogP contribution in [-0.4, -0.2) is 62.1 Å². The number of amides is 1. The number of aromatic nitrogens is 1. The molecule has 4 rings (SSSR count). The Labute approximate surface area is 166 Å². The summed E-state index contributed by atoms with van der Waals surface area (Å²) in [5, 5.41) is 26.9. The van der Waals surface area contributed by atoms with Crippen molar-refractivity contribution in [3.05, 3.63) is 34.7 Å². The summed E-state index contributed by atoms with van der Waals surface area (Å²) in [6.07, 6.45) is 5.54. The maximum absolute atomic E-state index is 12.4. The van der Waals surface area contributed by atoms with Gasteiger partial charge in [-0.05, 0) is 19.4 Å². The van der Waals surface area contributed by atoms with Crippen molar-refractivity contribution in [2.75, 3.05) is 6.54 Å². The fourth-order valence-corrected chi connectivity index (χ4v) is 5.84. The summed E-state index contributed by atoms with van der Waals surface area (Å²) in [5.41, 5.74) is 0.0880. The van der Waals surface area contributed by atoms with E-state index in [0.29, 0.717) is 5.76 Å². The van der Waals surface area contributed by atoms with Gasteiger partial charge in [-0.3, -0.25) is 4.79 Å². The van der Waals surface area contributed by atoms with Crippen LogP contribution in [0.25, 0.3) is 6.08 Å². The maximum Gasteiger partial charge on any atom is 0.353 e. The summed E-state index contributed by atoms with van der Waals surface area (Å²) < 4.78 is 5.05. The van der Waals surface area contributed by atoms with E-state index in [1.807, 2.05) is 19.1 Å². The molecule has 3 N–H and O–H groups in total. The lowest BCUT2D eigenvalue weighted by Gasteiger charge is -2.46. The van der Waals surface area contributed by atoms with Crippen molar-refractivity contribution in [3.63, 3.8) is 0 Å². The minimum Gasteiger partial charge on any atom is -0.477 e. The number of nitrogens with one attached hydrogen (secondary N) is 1. The maximum atomic E-state index is 12.4. The molecule has 0 radical (unpaired) electrons. The Morgan fingerprint density at radius 2 is 2.32 bits per heavy atom. The topological polar surface area (TPSA) is 116 Å². The monoisotopic (exact) mass is 405 g/mol. The number of thioether (sulfide) groups is 1. The van der Waals surface area contributed by atoms with Crippen LogP contribution < -0.4 is 5.32 Å². The largest absolute Gasteiger partial charge is 0.477 e. The Kier molecular flexibility index (Phi) is 5.07. The number of rotatable bonds is 6. The zero-order chi connectivity index (χ0) is 20.0. The fourth-order valence-electron chi connectivity index (χ4n) is 4.35. The minimum atomic E-state index is -1.08. The van der Waals surface area contributed by atoms with Gasteiger partial charge in [-0.1, -0.05) is 18.2 Å². The number of hydrogen-bond donors (Lipinski definition) is 3. The Balaban J connectivity index is 1.47. The van der Waals surface area contributed by atoms with Crippen molar-refractivity contribution in [3.8, 4) is 0 Å². The van der Waals surface area contributed by atoms with Crippen molar-refractivity contribution in [1.82, 2.24) is 15.4 Å². The summed E-state index contributed by atoms with van der Waals surface area (Å²) in [4.78, 5) is 26.4. The Morgan fingerprint density at radius 1 is 1.54 bits per heavy atom. The predicted octanol–water partition coefficient (Wildman–Crippen LogP) is 1.31. The van der Waals surface area contributed by atoms with Gasteiger partial charge in [0.15, 0.2) is 5.76 Å². The molecule has 9 heteroatoms. The molecule has 0 spiro atoms. The molecule has 1 amide bonds. The normalized spacial score (nSPS) is 33.5. The molecule has 0 bridgehead atoms. The van der Waals surface area contributed by atoms with Crippen LogP contribution in [0.2, 0.25) is 0 Å². The molecule has 0 aliphatic carbocycles. The van der Waals surface area contributed by atoms with Crippen molar-refractivity contribution < 1.29 is 24.3 Å². The molecule has 2 saturated heterocycles. The van der Waals surface area contributed by atoms with E-state index in [2.05, 4.69) is 10.5 Å². The number of β-lactam (4-membered cyclic amide) rings is 1. The molecule has 4 heterocycles. The highest BCUT2D eigenvalue weighted by Crippen LogP contribution is 2.51. The SMILES string of the molecule is C[C@@H](O)C1C(=O)N2C(C(=O)O)=C(S[C@H]3CN[C@@H](/C=C/c4ccno4)C3)[C@H](C)[C@@H]12. The van der Waals surface area contributed by atoms with Crippen molar-refractivity contribution in [1.29, 1.82) is 0 Å². The number of nitrogens with zero attached hydrogens (tertiary/aromatic N) is 2. The number of aliphatic hydroxyl groups is 1. The van der Waals surface area contributed by atoms with Crippen LogP contribution in [0.15, 0.2) is 33.5 Å². The number of carboxylic acids is 1. The lowest BCUT2D eigenvalue weighted by molar-refractivity contribution is -0.163. The highest BCUT2D eigenvalue weighted by atomic mass is 32.2. The Morgan fingerprint density at radius 3 is 2.96 bits per heavy atom. The molecule has 3 aliphatic heterocycles. The van der Waals surface area contributed by atoms with Gasteiger partial charge < -0.3 is 25.0 Å². The van der Waals surface area contributed by atoms with E-state index in [9.17, 15) is 19.8 Å². The van der Waals surface area contributed by atoms with Gasteiger partial charge in [-0.25, -0.2) is 4.79 Å². The molecule has 0 saturated carbocycles. The zero-order valence-electron chi connectivity index (χ0n) is 15.6. The van der Waals surface area contributed by atoms with Gasteiger partial charge in [-0.2, -0.15) is 0 Å². The zero-order valence-corrected chi connectivity index (χ0v) is 16.4. The van der Waals surface area contributed by atoms with Crippen LogP contribution in [0.3, 0.4) is 0 Å². The summed E-state index contributed by atoms with van der Waals surface area (Å²) in [6.45, 7) is 4.28. The highest BCUT2D eigenvalue weighted by molar-refractivity contribution is 8.03. The van der Waals surface area contributed by atoms with Gasteiger partial charge in [0.1, 0.15) is 5.70 Å². The van der Waals surface area contributed by atoms with Gasteiger partial charge >= 0.3 is 5.97 Å². The molecule has 8 nitrogen and oxygen atoms in total. The highest BCUT2D eigenvalue weighted by Gasteiger charge is 2.60. The molecule has 1 aromatic heterocycles. The summed E-state index contributed by atoms with van der Waals surface area (Å²) in [6, 6.07) is 1.68. The van der Waals surface area contributed by atoms with Crippen LogP contribution in [-0.2, 0) is 9.59 Å². The van der Waals surface area contributed by atoms with Crippen molar-refractivity contribution in [2.45, 2.75) is 43.7 Å². The second-order valence-corrected chi connectivity index (χ2v) is 8.88. The predicted molar refractivity (Wildman–Crippen MR) is 103 cm³/mol. The summed E-state index contributed by atoms with van der Waals surface area (Å²) in [5.74, 6) is -1.32. The molecule has 150 valence electrons. The lowest BCUT2D eigenvalue weighted by Crippen LogP contribution is -2.63. The average Bonchev–Trinajstić information content (AvgIpc) is 3.34. The Bertz CT molecular complexity index is 835. The number of carboxylic acid groups (broad SMARTS) is 1. The lowest BCUT2D eigenvalue weighted by atomic mass is 9.79. The average molecular weight is 405 g/mol. The third kappa shape index (κ3) is 3.17. The minimum absolute atomic E-state index is 0.0880. The van der Waals surface area contributed by atoms with Gasteiger partial charge in [0.05, 0.1) is 24.3 Å².